The number of piperidine rings is 1. The van der Waals surface area contributed by atoms with Crippen molar-refractivity contribution in [2.45, 2.75) is 32.4 Å². The summed E-state index contributed by atoms with van der Waals surface area (Å²) in [5.41, 5.74) is 7.33. The van der Waals surface area contributed by atoms with E-state index in [0.717, 1.165) is 24.9 Å². The van der Waals surface area contributed by atoms with Gasteiger partial charge in [-0.2, -0.15) is 0 Å². The summed E-state index contributed by atoms with van der Waals surface area (Å²) in [6.45, 7) is 3.16. The molecule has 130 valence electrons. The van der Waals surface area contributed by atoms with Crippen LogP contribution in [0.4, 0.5) is 0 Å². The van der Waals surface area contributed by atoms with Crippen molar-refractivity contribution in [3.05, 3.63) is 35.4 Å². The van der Waals surface area contributed by atoms with E-state index in [1.807, 2.05) is 0 Å². The standard InChI is InChI=1S/C15H23N3O3S.ClH/c1-2-22(20,21)17-10-12-5-7-13(8-6-12)15(19)18-9-3-4-14(16)11-18;/h5-8,14,17H,2-4,9-11,16H2,1H3;1H. The zero-order valence-corrected chi connectivity index (χ0v) is 14.8. The maximum Gasteiger partial charge on any atom is 0.253 e. The number of sulfonamides is 1. The second-order valence-corrected chi connectivity index (χ2v) is 7.67. The van der Waals surface area contributed by atoms with Crippen molar-refractivity contribution in [1.29, 1.82) is 0 Å². The minimum atomic E-state index is -3.21. The van der Waals surface area contributed by atoms with Crippen molar-refractivity contribution in [2.24, 2.45) is 5.73 Å². The molecule has 1 aliphatic rings. The van der Waals surface area contributed by atoms with Crippen LogP contribution in [0.1, 0.15) is 35.7 Å². The van der Waals surface area contributed by atoms with Crippen LogP contribution in [0.15, 0.2) is 24.3 Å². The van der Waals surface area contributed by atoms with Crippen LogP contribution >= 0.6 is 12.4 Å². The Bertz CT molecular complexity index is 619. The molecule has 0 saturated carbocycles. The van der Waals surface area contributed by atoms with Gasteiger partial charge in [-0.05, 0) is 37.5 Å². The Kier molecular flexibility index (Phi) is 7.47. The molecule has 23 heavy (non-hydrogen) atoms. The average Bonchev–Trinajstić information content (AvgIpc) is 2.53. The maximum absolute atomic E-state index is 12.4. The Morgan fingerprint density at radius 2 is 2.00 bits per heavy atom. The number of nitrogens with two attached hydrogens (primary N) is 1. The van der Waals surface area contributed by atoms with Crippen LogP contribution in [0.2, 0.25) is 0 Å². The number of hydrogen-bond donors (Lipinski definition) is 2. The van der Waals surface area contributed by atoms with Crippen molar-refractivity contribution in [2.75, 3.05) is 18.8 Å². The number of amides is 1. The van der Waals surface area contributed by atoms with Gasteiger partial charge in [0.1, 0.15) is 0 Å². The van der Waals surface area contributed by atoms with Gasteiger partial charge in [-0.1, -0.05) is 12.1 Å². The Balaban J connectivity index is 0.00000264. The second kappa shape index (κ2) is 8.63. The zero-order valence-electron chi connectivity index (χ0n) is 13.2. The lowest BCUT2D eigenvalue weighted by Crippen LogP contribution is -2.45. The molecule has 3 N–H and O–H groups in total. The molecule has 1 amide bonds. The van der Waals surface area contributed by atoms with Gasteiger partial charge in [0.25, 0.3) is 5.91 Å². The molecule has 1 aliphatic heterocycles. The van der Waals surface area contributed by atoms with Crippen LogP contribution in [0, 0.1) is 0 Å². The molecule has 1 unspecified atom stereocenters. The van der Waals surface area contributed by atoms with Crippen molar-refractivity contribution >= 4 is 28.3 Å². The highest BCUT2D eigenvalue weighted by atomic mass is 35.5. The maximum atomic E-state index is 12.4. The molecule has 0 radical (unpaired) electrons. The first-order valence-electron chi connectivity index (χ1n) is 7.52. The van der Waals surface area contributed by atoms with Gasteiger partial charge in [-0.25, -0.2) is 13.1 Å². The topological polar surface area (TPSA) is 92.5 Å². The Morgan fingerprint density at radius 3 is 2.57 bits per heavy atom. The van der Waals surface area contributed by atoms with E-state index in [1.54, 1.807) is 36.1 Å². The molecule has 0 spiro atoms. The number of benzene rings is 1. The van der Waals surface area contributed by atoms with Gasteiger partial charge < -0.3 is 10.6 Å². The number of hydrogen-bond acceptors (Lipinski definition) is 4. The van der Waals surface area contributed by atoms with Gasteiger partial charge in [0.15, 0.2) is 0 Å². The Labute approximate surface area is 143 Å². The lowest BCUT2D eigenvalue weighted by molar-refractivity contribution is 0.0709. The van der Waals surface area contributed by atoms with Crippen LogP contribution in [0.3, 0.4) is 0 Å². The van der Waals surface area contributed by atoms with Gasteiger partial charge in [0.2, 0.25) is 10.0 Å². The fraction of sp³-hybridized carbons (Fsp3) is 0.533. The fourth-order valence-corrected chi connectivity index (χ4v) is 3.03. The number of carbonyl (C=O) groups is 1. The first-order chi connectivity index (χ1) is 10.4. The second-order valence-electron chi connectivity index (χ2n) is 5.57. The highest BCUT2D eigenvalue weighted by molar-refractivity contribution is 7.89. The van der Waals surface area contributed by atoms with E-state index in [0.29, 0.717) is 12.1 Å². The molecule has 1 heterocycles. The van der Waals surface area contributed by atoms with Crippen LogP contribution in [0.5, 0.6) is 0 Å². The SMILES string of the molecule is CCS(=O)(=O)NCc1ccc(C(=O)N2CCCC(N)C2)cc1.Cl. The number of rotatable bonds is 5. The fourth-order valence-electron chi connectivity index (χ4n) is 2.44. The first-order valence-corrected chi connectivity index (χ1v) is 9.17. The van der Waals surface area contributed by atoms with Crippen LogP contribution in [0.25, 0.3) is 0 Å². The molecular formula is C15H24ClN3O3S. The lowest BCUT2D eigenvalue weighted by atomic mass is 10.0. The van der Waals surface area contributed by atoms with Gasteiger partial charge >= 0.3 is 0 Å². The first kappa shape index (κ1) is 19.9. The molecule has 0 aromatic heterocycles. The van der Waals surface area contributed by atoms with Gasteiger partial charge in [0, 0.05) is 31.2 Å². The van der Waals surface area contributed by atoms with Crippen molar-refractivity contribution in [1.82, 2.24) is 9.62 Å². The Hall–Kier alpha value is -1.15. The molecule has 1 aromatic rings. The van der Waals surface area contributed by atoms with E-state index in [-0.39, 0.29) is 36.7 Å². The van der Waals surface area contributed by atoms with E-state index >= 15 is 0 Å². The minimum absolute atomic E-state index is 0. The van der Waals surface area contributed by atoms with Crippen molar-refractivity contribution < 1.29 is 13.2 Å². The molecule has 0 aliphatic carbocycles. The van der Waals surface area contributed by atoms with Gasteiger partial charge in [-0.3, -0.25) is 4.79 Å². The number of halogens is 1. The third-order valence-corrected chi connectivity index (χ3v) is 5.17. The molecule has 1 saturated heterocycles. The number of nitrogens with one attached hydrogen (secondary N) is 1. The van der Waals surface area contributed by atoms with E-state index in [4.69, 9.17) is 5.73 Å². The van der Waals surface area contributed by atoms with E-state index in [2.05, 4.69) is 4.72 Å². The smallest absolute Gasteiger partial charge is 0.253 e. The molecule has 1 fully saturated rings. The third-order valence-electron chi connectivity index (χ3n) is 3.82. The predicted molar refractivity (Wildman–Crippen MR) is 93.1 cm³/mol. The molecule has 0 bridgehead atoms. The number of nitrogens with zero attached hydrogens (tertiary/aromatic N) is 1. The van der Waals surface area contributed by atoms with E-state index in [9.17, 15) is 13.2 Å². The van der Waals surface area contributed by atoms with Crippen molar-refractivity contribution in [3.8, 4) is 0 Å². The molecule has 8 heteroatoms. The highest BCUT2D eigenvalue weighted by Gasteiger charge is 2.22. The average molecular weight is 362 g/mol. The molecule has 6 nitrogen and oxygen atoms in total. The van der Waals surface area contributed by atoms with Gasteiger partial charge in [0.05, 0.1) is 5.75 Å². The van der Waals surface area contributed by atoms with Gasteiger partial charge in [-0.15, -0.1) is 12.4 Å². The summed E-state index contributed by atoms with van der Waals surface area (Å²) in [6, 6.07) is 7.07. The summed E-state index contributed by atoms with van der Waals surface area (Å²) < 4.78 is 25.3. The normalized spacial score (nSPS) is 18.3. The van der Waals surface area contributed by atoms with Crippen LogP contribution < -0.4 is 10.5 Å². The van der Waals surface area contributed by atoms with Crippen LogP contribution in [-0.4, -0.2) is 44.1 Å². The quantitative estimate of drug-likeness (QED) is 0.821. The van der Waals surface area contributed by atoms with E-state index < -0.39 is 10.0 Å². The predicted octanol–water partition coefficient (Wildman–Crippen LogP) is 1.11. The minimum Gasteiger partial charge on any atom is -0.337 e. The summed E-state index contributed by atoms with van der Waals surface area (Å²) in [5.74, 6) is 0.0366. The third kappa shape index (κ3) is 5.76. The largest absolute Gasteiger partial charge is 0.337 e. The molecule has 2 rings (SSSR count). The summed E-state index contributed by atoms with van der Waals surface area (Å²) in [7, 11) is -3.21. The molecule has 1 atom stereocenters. The van der Waals surface area contributed by atoms with Crippen LogP contribution in [-0.2, 0) is 16.6 Å². The summed E-state index contributed by atoms with van der Waals surface area (Å²) in [6.07, 6.45) is 1.89. The summed E-state index contributed by atoms with van der Waals surface area (Å²) >= 11 is 0. The molecular weight excluding hydrogens is 338 g/mol. The number of likely N-dealkylation sites (tertiary alicyclic amines) is 1. The molecule has 1 aromatic carbocycles. The monoisotopic (exact) mass is 361 g/mol. The Morgan fingerprint density at radius 1 is 1.35 bits per heavy atom. The van der Waals surface area contributed by atoms with E-state index in [1.165, 1.54) is 0 Å². The summed E-state index contributed by atoms with van der Waals surface area (Å²) in [5, 5.41) is 0. The number of carbonyl (C=O) groups excluding carboxylic acids is 1. The zero-order chi connectivity index (χ0) is 16.2. The lowest BCUT2D eigenvalue weighted by Gasteiger charge is -2.30. The van der Waals surface area contributed by atoms with Crippen molar-refractivity contribution in [3.63, 3.8) is 0 Å². The summed E-state index contributed by atoms with van der Waals surface area (Å²) in [4.78, 5) is 14.2. The highest BCUT2D eigenvalue weighted by Crippen LogP contribution is 2.13.